The second-order valence-corrected chi connectivity index (χ2v) is 7.33. The van der Waals surface area contributed by atoms with E-state index in [1.54, 1.807) is 12.1 Å². The van der Waals surface area contributed by atoms with Crippen molar-refractivity contribution in [1.82, 2.24) is 5.32 Å². The normalized spacial score (nSPS) is 19.0. The highest BCUT2D eigenvalue weighted by molar-refractivity contribution is 8.15. The number of amidine groups is 1. The van der Waals surface area contributed by atoms with Gasteiger partial charge in [-0.1, -0.05) is 35.0 Å². The fourth-order valence-electron chi connectivity index (χ4n) is 1.90. The molecule has 25 heavy (non-hydrogen) atoms. The molecule has 0 spiro atoms. The number of nitrogens with zero attached hydrogens (tertiary/aromatic N) is 2. The fourth-order valence-corrected chi connectivity index (χ4v) is 3.40. The lowest BCUT2D eigenvalue weighted by molar-refractivity contribution is -0.138. The number of carboxylic acids is 1. The van der Waals surface area contributed by atoms with Crippen molar-refractivity contribution >= 4 is 58.2 Å². The lowest BCUT2D eigenvalue weighted by atomic mass is 10.2. The molecule has 10 heteroatoms. The Kier molecular flexibility index (Phi) is 6.69. The molecule has 2 N–H and O–H groups in total. The molecule has 1 amide bonds. The van der Waals surface area contributed by atoms with Gasteiger partial charge in [0.05, 0.1) is 28.8 Å². The van der Waals surface area contributed by atoms with E-state index in [1.165, 1.54) is 6.21 Å². The van der Waals surface area contributed by atoms with Crippen molar-refractivity contribution in [2.75, 3.05) is 0 Å². The molecule has 1 aliphatic rings. The molecule has 1 fully saturated rings. The van der Waals surface area contributed by atoms with Gasteiger partial charge in [-0.2, -0.15) is 5.10 Å². The van der Waals surface area contributed by atoms with Crippen LogP contribution in [0.4, 0.5) is 0 Å². The first-order valence-electron chi connectivity index (χ1n) is 7.22. The summed E-state index contributed by atoms with van der Waals surface area (Å²) < 4.78 is 5.54. The first kappa shape index (κ1) is 19.6. The highest BCUT2D eigenvalue weighted by Crippen LogP contribution is 2.34. The van der Waals surface area contributed by atoms with Crippen LogP contribution in [0.1, 0.15) is 25.8 Å². The minimum Gasteiger partial charge on any atom is -0.488 e. The predicted octanol–water partition coefficient (Wildman–Crippen LogP) is 3.18. The van der Waals surface area contributed by atoms with Crippen molar-refractivity contribution < 1.29 is 19.4 Å². The molecular weight excluding hydrogens is 389 g/mol. The van der Waals surface area contributed by atoms with Crippen LogP contribution in [0.3, 0.4) is 0 Å². The number of ether oxygens (including phenoxy) is 1. The van der Waals surface area contributed by atoms with Crippen molar-refractivity contribution in [3.8, 4) is 5.75 Å². The van der Waals surface area contributed by atoms with Gasteiger partial charge >= 0.3 is 5.97 Å². The number of rotatable bonds is 6. The molecule has 1 aromatic rings. The van der Waals surface area contributed by atoms with Crippen LogP contribution in [0.5, 0.6) is 5.75 Å². The van der Waals surface area contributed by atoms with Crippen molar-refractivity contribution in [1.29, 1.82) is 0 Å². The standard InChI is InChI=1S/C15H15Cl2N3O4S/c1-7(2)24-13-9(16)3-8(4-10(13)17)6-18-20-15-19-14(23)11(25-15)5-12(21)22/h3-4,6-7,11H,5H2,1-2H3,(H,21,22)(H,19,20,23). The summed E-state index contributed by atoms with van der Waals surface area (Å²) in [5.74, 6) is -1.05. The van der Waals surface area contributed by atoms with Crippen LogP contribution in [0.15, 0.2) is 22.3 Å². The summed E-state index contributed by atoms with van der Waals surface area (Å²) in [6.45, 7) is 3.73. The van der Waals surface area contributed by atoms with E-state index in [-0.39, 0.29) is 17.7 Å². The molecule has 0 bridgehead atoms. The summed E-state index contributed by atoms with van der Waals surface area (Å²) in [4.78, 5) is 22.3. The number of carboxylic acid groups (broad SMARTS) is 1. The third kappa shape index (κ3) is 5.62. The van der Waals surface area contributed by atoms with Crippen LogP contribution in [-0.2, 0) is 9.59 Å². The monoisotopic (exact) mass is 403 g/mol. The number of carbonyl (C=O) groups is 2. The van der Waals surface area contributed by atoms with Crippen LogP contribution < -0.4 is 10.1 Å². The van der Waals surface area contributed by atoms with E-state index >= 15 is 0 Å². The number of hydrogen-bond acceptors (Lipinski definition) is 6. The zero-order valence-corrected chi connectivity index (χ0v) is 15.7. The van der Waals surface area contributed by atoms with E-state index < -0.39 is 17.1 Å². The first-order valence-corrected chi connectivity index (χ1v) is 8.86. The van der Waals surface area contributed by atoms with Gasteiger partial charge in [-0.05, 0) is 31.5 Å². The van der Waals surface area contributed by atoms with Gasteiger partial charge in [-0.3, -0.25) is 9.59 Å². The van der Waals surface area contributed by atoms with Crippen molar-refractivity contribution in [2.45, 2.75) is 31.6 Å². The van der Waals surface area contributed by atoms with Gasteiger partial charge in [-0.25, -0.2) is 0 Å². The highest BCUT2D eigenvalue weighted by Gasteiger charge is 2.32. The Bertz CT molecular complexity index is 729. The number of nitrogens with one attached hydrogen (secondary N) is 1. The molecule has 0 aliphatic carbocycles. The molecule has 0 saturated carbocycles. The topological polar surface area (TPSA) is 100 Å². The molecule has 2 rings (SSSR count). The SMILES string of the molecule is CC(C)Oc1c(Cl)cc(C=NN=C2NC(=O)C(CC(=O)O)S2)cc1Cl. The highest BCUT2D eigenvalue weighted by atomic mass is 35.5. The Labute approximate surface area is 158 Å². The maximum absolute atomic E-state index is 11.6. The molecule has 0 aromatic heterocycles. The average Bonchev–Trinajstić information content (AvgIpc) is 2.82. The molecule has 1 aromatic carbocycles. The maximum Gasteiger partial charge on any atom is 0.305 e. The van der Waals surface area contributed by atoms with Crippen molar-refractivity contribution in [3.63, 3.8) is 0 Å². The van der Waals surface area contributed by atoms with Gasteiger partial charge in [0, 0.05) is 0 Å². The van der Waals surface area contributed by atoms with E-state index in [0.717, 1.165) is 11.8 Å². The Hall–Kier alpha value is -1.77. The average molecular weight is 404 g/mol. The molecule has 1 unspecified atom stereocenters. The minimum absolute atomic E-state index is 0.0670. The Morgan fingerprint density at radius 3 is 2.64 bits per heavy atom. The Balaban J connectivity index is 2.07. The summed E-state index contributed by atoms with van der Waals surface area (Å²) in [6, 6.07) is 3.25. The molecule has 134 valence electrons. The van der Waals surface area contributed by atoms with Crippen LogP contribution in [0.2, 0.25) is 10.0 Å². The van der Waals surface area contributed by atoms with Crippen LogP contribution >= 0.6 is 35.0 Å². The van der Waals surface area contributed by atoms with Crippen LogP contribution in [0, 0.1) is 0 Å². The summed E-state index contributed by atoms with van der Waals surface area (Å²) in [5, 5.41) is 19.2. The lowest BCUT2D eigenvalue weighted by Crippen LogP contribution is -2.26. The molecule has 1 heterocycles. The van der Waals surface area contributed by atoms with E-state index in [4.69, 9.17) is 33.0 Å². The second kappa shape index (κ2) is 8.55. The largest absolute Gasteiger partial charge is 0.488 e. The Morgan fingerprint density at radius 2 is 2.08 bits per heavy atom. The second-order valence-electron chi connectivity index (χ2n) is 5.32. The van der Waals surface area contributed by atoms with Crippen LogP contribution in [-0.4, -0.2) is 39.7 Å². The number of benzene rings is 1. The Morgan fingerprint density at radius 1 is 1.44 bits per heavy atom. The quantitative estimate of drug-likeness (QED) is 0.560. The molecule has 7 nitrogen and oxygen atoms in total. The van der Waals surface area contributed by atoms with Crippen LogP contribution in [0.25, 0.3) is 0 Å². The molecule has 1 saturated heterocycles. The zero-order chi connectivity index (χ0) is 18.6. The first-order chi connectivity index (χ1) is 11.8. The van der Waals surface area contributed by atoms with Gasteiger partial charge in [-0.15, -0.1) is 5.10 Å². The number of thioether (sulfide) groups is 1. The smallest absolute Gasteiger partial charge is 0.305 e. The van der Waals surface area contributed by atoms with Gasteiger partial charge in [0.25, 0.3) is 0 Å². The molecule has 1 atom stereocenters. The van der Waals surface area contributed by atoms with Crippen molar-refractivity contribution in [3.05, 3.63) is 27.7 Å². The summed E-state index contributed by atoms with van der Waals surface area (Å²) in [5.41, 5.74) is 0.604. The number of halogens is 2. The predicted molar refractivity (Wildman–Crippen MR) is 99.0 cm³/mol. The summed E-state index contributed by atoms with van der Waals surface area (Å²) in [7, 11) is 0. The molecular formula is C15H15Cl2N3O4S. The third-order valence-electron chi connectivity index (χ3n) is 2.87. The van der Waals surface area contributed by atoms with Gasteiger partial charge in [0.1, 0.15) is 5.25 Å². The van der Waals surface area contributed by atoms with Gasteiger partial charge < -0.3 is 15.2 Å². The maximum atomic E-state index is 11.6. The van der Waals surface area contributed by atoms with E-state index in [9.17, 15) is 9.59 Å². The van der Waals surface area contributed by atoms with E-state index in [2.05, 4.69) is 15.5 Å². The number of carbonyl (C=O) groups excluding carboxylic acids is 1. The number of aliphatic carboxylic acids is 1. The summed E-state index contributed by atoms with van der Waals surface area (Å²) >= 11 is 13.3. The summed E-state index contributed by atoms with van der Waals surface area (Å²) in [6.07, 6.45) is 1.07. The van der Waals surface area contributed by atoms with E-state index in [0.29, 0.717) is 21.4 Å². The fraction of sp³-hybridized carbons (Fsp3) is 0.333. The molecule has 1 aliphatic heterocycles. The van der Waals surface area contributed by atoms with Gasteiger partial charge in [0.2, 0.25) is 5.91 Å². The molecule has 0 radical (unpaired) electrons. The number of hydrogen-bond donors (Lipinski definition) is 2. The van der Waals surface area contributed by atoms with E-state index in [1.807, 2.05) is 13.8 Å². The van der Waals surface area contributed by atoms with Crippen molar-refractivity contribution in [2.24, 2.45) is 10.2 Å². The third-order valence-corrected chi connectivity index (χ3v) is 4.50. The lowest BCUT2D eigenvalue weighted by Gasteiger charge is -2.13. The zero-order valence-electron chi connectivity index (χ0n) is 13.3. The number of amides is 1. The minimum atomic E-state index is -1.05. The van der Waals surface area contributed by atoms with Gasteiger partial charge in [0.15, 0.2) is 10.9 Å².